The third kappa shape index (κ3) is 6.16. The summed E-state index contributed by atoms with van der Waals surface area (Å²) in [6.07, 6.45) is 8.31. The predicted octanol–water partition coefficient (Wildman–Crippen LogP) is 2.50. The van der Waals surface area contributed by atoms with Gasteiger partial charge in [-0.3, -0.25) is 0 Å². The zero-order chi connectivity index (χ0) is 10.9. The minimum atomic E-state index is 1.01. The number of unbranched alkanes of at least 4 members (excludes halogenated alkanes) is 1. The maximum atomic E-state index is 3.43. The smallest absolute Gasteiger partial charge is 0.00217 e. The summed E-state index contributed by atoms with van der Waals surface area (Å²) in [6, 6.07) is 0. The van der Waals surface area contributed by atoms with Crippen LogP contribution in [0, 0.1) is 5.92 Å². The summed E-state index contributed by atoms with van der Waals surface area (Å²) >= 11 is 0. The summed E-state index contributed by atoms with van der Waals surface area (Å²) < 4.78 is 0. The minimum absolute atomic E-state index is 1.01. The van der Waals surface area contributed by atoms with Gasteiger partial charge in [-0.05, 0) is 71.2 Å². The van der Waals surface area contributed by atoms with Crippen LogP contribution >= 0.6 is 0 Å². The molecule has 1 saturated heterocycles. The maximum Gasteiger partial charge on any atom is -0.00217 e. The highest BCUT2D eigenvalue weighted by Gasteiger charge is 2.12. The van der Waals surface area contributed by atoms with E-state index in [9.17, 15) is 0 Å². The van der Waals surface area contributed by atoms with Crippen molar-refractivity contribution in [2.45, 2.75) is 45.4 Å². The van der Waals surface area contributed by atoms with E-state index in [0.29, 0.717) is 0 Å². The van der Waals surface area contributed by atoms with E-state index < -0.39 is 0 Å². The second-order valence-electron chi connectivity index (χ2n) is 4.99. The average molecular weight is 212 g/mol. The van der Waals surface area contributed by atoms with Gasteiger partial charge in [-0.15, -0.1) is 0 Å². The van der Waals surface area contributed by atoms with E-state index in [-0.39, 0.29) is 0 Å². The van der Waals surface area contributed by atoms with Gasteiger partial charge in [0.05, 0.1) is 0 Å². The molecule has 1 aliphatic rings. The Hall–Kier alpha value is -0.0800. The number of nitrogens with zero attached hydrogens (tertiary/aromatic N) is 1. The topological polar surface area (TPSA) is 15.3 Å². The van der Waals surface area contributed by atoms with Crippen molar-refractivity contribution in [3.05, 3.63) is 0 Å². The lowest BCUT2D eigenvalue weighted by atomic mass is 9.93. The van der Waals surface area contributed by atoms with Gasteiger partial charge in [-0.25, -0.2) is 0 Å². The van der Waals surface area contributed by atoms with E-state index in [1.54, 1.807) is 0 Å². The van der Waals surface area contributed by atoms with Crippen LogP contribution < -0.4 is 5.32 Å². The molecule has 15 heavy (non-hydrogen) atoms. The molecule has 2 heteroatoms. The Balaban J connectivity index is 1.94. The minimum Gasteiger partial charge on any atom is -0.317 e. The fraction of sp³-hybridized carbons (Fsp3) is 1.00. The van der Waals surface area contributed by atoms with Crippen molar-refractivity contribution in [3.63, 3.8) is 0 Å². The Labute approximate surface area is 95.4 Å². The van der Waals surface area contributed by atoms with Crippen LogP contribution in [0.25, 0.3) is 0 Å². The van der Waals surface area contributed by atoms with Crippen molar-refractivity contribution in [1.82, 2.24) is 10.2 Å². The molecule has 1 heterocycles. The highest BCUT2D eigenvalue weighted by Crippen LogP contribution is 2.17. The van der Waals surface area contributed by atoms with Crippen LogP contribution in [0.1, 0.15) is 45.4 Å². The summed E-state index contributed by atoms with van der Waals surface area (Å²) in [4.78, 5) is 2.49. The van der Waals surface area contributed by atoms with Crippen molar-refractivity contribution >= 4 is 0 Å². The summed E-state index contributed by atoms with van der Waals surface area (Å²) in [5.74, 6) is 1.01. The second kappa shape index (κ2) is 8.12. The first-order chi connectivity index (χ1) is 7.33. The molecule has 0 amide bonds. The van der Waals surface area contributed by atoms with E-state index in [2.05, 4.69) is 24.2 Å². The van der Waals surface area contributed by atoms with E-state index in [1.807, 2.05) is 0 Å². The molecular weight excluding hydrogens is 184 g/mol. The van der Waals surface area contributed by atoms with Crippen LogP contribution in [-0.2, 0) is 0 Å². The lowest BCUT2D eigenvalue weighted by Gasteiger charge is -2.23. The highest BCUT2D eigenvalue weighted by atomic mass is 15.1. The van der Waals surface area contributed by atoms with E-state index in [4.69, 9.17) is 0 Å². The maximum absolute atomic E-state index is 3.43. The molecule has 0 saturated carbocycles. The number of piperidine rings is 1. The standard InChI is InChI=1S/C13H28N2/c1-3-4-11-15(2)12-5-6-13-7-9-14-10-8-13/h13-14H,3-12H2,1-2H3. The number of hydrogen-bond donors (Lipinski definition) is 1. The van der Waals surface area contributed by atoms with Gasteiger partial charge in [0.2, 0.25) is 0 Å². The van der Waals surface area contributed by atoms with Gasteiger partial charge in [0.25, 0.3) is 0 Å². The molecular formula is C13H28N2. The van der Waals surface area contributed by atoms with E-state index in [0.717, 1.165) is 5.92 Å². The Kier molecular flexibility index (Phi) is 7.03. The van der Waals surface area contributed by atoms with Gasteiger partial charge in [-0.1, -0.05) is 13.3 Å². The van der Waals surface area contributed by atoms with Crippen molar-refractivity contribution in [3.8, 4) is 0 Å². The summed E-state index contributed by atoms with van der Waals surface area (Å²) in [6.45, 7) is 7.34. The van der Waals surface area contributed by atoms with Crippen molar-refractivity contribution in [2.24, 2.45) is 5.92 Å². The van der Waals surface area contributed by atoms with Gasteiger partial charge in [0.1, 0.15) is 0 Å². The Morgan fingerprint density at radius 3 is 2.47 bits per heavy atom. The first-order valence-electron chi connectivity index (χ1n) is 6.72. The van der Waals surface area contributed by atoms with Crippen LogP contribution in [0.3, 0.4) is 0 Å². The molecule has 1 rings (SSSR count). The number of rotatable bonds is 7. The van der Waals surface area contributed by atoms with Crippen molar-refractivity contribution in [2.75, 3.05) is 33.2 Å². The van der Waals surface area contributed by atoms with Gasteiger partial charge in [-0.2, -0.15) is 0 Å². The molecule has 0 radical (unpaired) electrons. The third-order valence-electron chi connectivity index (χ3n) is 3.50. The molecule has 0 unspecified atom stereocenters. The van der Waals surface area contributed by atoms with Crippen LogP contribution in [0.4, 0.5) is 0 Å². The monoisotopic (exact) mass is 212 g/mol. The van der Waals surface area contributed by atoms with Crippen LogP contribution in [0.15, 0.2) is 0 Å². The summed E-state index contributed by atoms with van der Waals surface area (Å²) in [7, 11) is 2.26. The molecule has 1 N–H and O–H groups in total. The summed E-state index contributed by atoms with van der Waals surface area (Å²) in [5, 5.41) is 3.43. The zero-order valence-electron chi connectivity index (χ0n) is 10.6. The molecule has 0 spiro atoms. The fourth-order valence-corrected chi connectivity index (χ4v) is 2.36. The largest absolute Gasteiger partial charge is 0.317 e. The Bertz CT molecular complexity index is 141. The molecule has 1 fully saturated rings. The molecule has 90 valence electrons. The number of hydrogen-bond acceptors (Lipinski definition) is 2. The number of nitrogens with one attached hydrogen (secondary N) is 1. The van der Waals surface area contributed by atoms with Gasteiger partial charge >= 0.3 is 0 Å². The SMILES string of the molecule is CCCCN(C)CCCC1CCNCC1. The zero-order valence-corrected chi connectivity index (χ0v) is 10.6. The van der Waals surface area contributed by atoms with Crippen molar-refractivity contribution in [1.29, 1.82) is 0 Å². The molecule has 0 bridgehead atoms. The van der Waals surface area contributed by atoms with Crippen LogP contribution in [0.2, 0.25) is 0 Å². The van der Waals surface area contributed by atoms with Crippen LogP contribution in [0.5, 0.6) is 0 Å². The van der Waals surface area contributed by atoms with Gasteiger partial charge in [0, 0.05) is 0 Å². The molecule has 0 aromatic carbocycles. The third-order valence-corrected chi connectivity index (χ3v) is 3.50. The molecule has 0 atom stereocenters. The molecule has 1 aliphatic heterocycles. The highest BCUT2D eigenvalue weighted by molar-refractivity contribution is 4.68. The van der Waals surface area contributed by atoms with E-state index in [1.165, 1.54) is 64.7 Å². The Morgan fingerprint density at radius 1 is 1.13 bits per heavy atom. The molecule has 2 nitrogen and oxygen atoms in total. The molecule has 0 aromatic heterocycles. The first kappa shape index (κ1) is 13.0. The second-order valence-corrected chi connectivity index (χ2v) is 4.99. The summed E-state index contributed by atoms with van der Waals surface area (Å²) in [5.41, 5.74) is 0. The fourth-order valence-electron chi connectivity index (χ4n) is 2.36. The normalized spacial score (nSPS) is 18.6. The van der Waals surface area contributed by atoms with Gasteiger partial charge in [0.15, 0.2) is 0 Å². The quantitative estimate of drug-likeness (QED) is 0.697. The van der Waals surface area contributed by atoms with Crippen LogP contribution in [-0.4, -0.2) is 38.1 Å². The van der Waals surface area contributed by atoms with Gasteiger partial charge < -0.3 is 10.2 Å². The molecule has 0 aliphatic carbocycles. The molecule has 0 aromatic rings. The lowest BCUT2D eigenvalue weighted by molar-refractivity contribution is 0.288. The first-order valence-corrected chi connectivity index (χ1v) is 6.72. The lowest BCUT2D eigenvalue weighted by Crippen LogP contribution is -2.28. The van der Waals surface area contributed by atoms with E-state index >= 15 is 0 Å². The van der Waals surface area contributed by atoms with Crippen molar-refractivity contribution < 1.29 is 0 Å². The average Bonchev–Trinajstić information content (AvgIpc) is 2.28. The Morgan fingerprint density at radius 2 is 1.80 bits per heavy atom. The predicted molar refractivity (Wildman–Crippen MR) is 67.2 cm³/mol.